The van der Waals surface area contributed by atoms with E-state index in [1.807, 2.05) is 0 Å². The number of hydrogen-bond donors (Lipinski definition) is 1. The van der Waals surface area contributed by atoms with E-state index >= 15 is 0 Å². The molecule has 1 saturated carbocycles. The van der Waals surface area contributed by atoms with E-state index in [2.05, 4.69) is 44.7 Å². The zero-order chi connectivity index (χ0) is 15.8. The normalized spacial score (nSPS) is 51.5. The lowest BCUT2D eigenvalue weighted by Crippen LogP contribution is -2.54. The van der Waals surface area contributed by atoms with Gasteiger partial charge in [0.15, 0.2) is 0 Å². The quantitative estimate of drug-likeness (QED) is 0.796. The van der Waals surface area contributed by atoms with Crippen LogP contribution in [0.4, 0.5) is 0 Å². The van der Waals surface area contributed by atoms with Crippen LogP contribution >= 0.6 is 0 Å². The SMILES string of the molecule is C[C@@H]1CC[C@@H](C(C)(C)N2C[C@@]3(C)C[C@@H]4C=C[C@@]3(C2)O4)[C@H](O)C1. The maximum atomic E-state index is 10.7. The molecule has 3 heteroatoms. The van der Waals surface area contributed by atoms with Crippen LogP contribution in [0.2, 0.25) is 0 Å². The molecule has 3 nitrogen and oxygen atoms in total. The van der Waals surface area contributed by atoms with Crippen LogP contribution in [-0.4, -0.2) is 46.4 Å². The lowest BCUT2D eigenvalue weighted by Gasteiger charge is -2.47. The molecule has 2 saturated heterocycles. The number of fused-ring (bicyclic) bond motifs is 1. The number of likely N-dealkylation sites (tertiary alicyclic amines) is 1. The first-order chi connectivity index (χ1) is 10.3. The molecule has 0 aromatic rings. The van der Waals surface area contributed by atoms with Gasteiger partial charge in [0.2, 0.25) is 0 Å². The van der Waals surface area contributed by atoms with E-state index < -0.39 is 0 Å². The summed E-state index contributed by atoms with van der Waals surface area (Å²) in [5.41, 5.74) is 0.218. The first-order valence-corrected chi connectivity index (χ1v) is 9.06. The molecule has 6 atom stereocenters. The third-order valence-electron chi connectivity index (χ3n) is 7.38. The van der Waals surface area contributed by atoms with E-state index in [4.69, 9.17) is 4.74 Å². The Morgan fingerprint density at radius 3 is 2.68 bits per heavy atom. The van der Waals surface area contributed by atoms with Crippen LogP contribution in [0, 0.1) is 17.3 Å². The molecular weight excluding hydrogens is 274 g/mol. The minimum absolute atomic E-state index is 0.0386. The van der Waals surface area contributed by atoms with Gasteiger partial charge in [-0.2, -0.15) is 0 Å². The fourth-order valence-corrected chi connectivity index (χ4v) is 5.74. The summed E-state index contributed by atoms with van der Waals surface area (Å²) in [6.07, 6.45) is 9.29. The van der Waals surface area contributed by atoms with E-state index in [0.29, 0.717) is 17.9 Å². The van der Waals surface area contributed by atoms with Gasteiger partial charge in [0.25, 0.3) is 0 Å². The molecule has 4 aliphatic rings. The highest BCUT2D eigenvalue weighted by atomic mass is 16.5. The lowest BCUT2D eigenvalue weighted by molar-refractivity contribution is -0.0506. The molecule has 124 valence electrons. The average Bonchev–Trinajstić information content (AvgIpc) is 3.01. The molecular formula is C19H31NO2. The van der Waals surface area contributed by atoms with Crippen molar-refractivity contribution in [2.24, 2.45) is 17.3 Å². The highest BCUT2D eigenvalue weighted by molar-refractivity contribution is 5.29. The van der Waals surface area contributed by atoms with Crippen LogP contribution in [0.1, 0.15) is 53.4 Å². The average molecular weight is 305 g/mol. The number of rotatable bonds is 2. The Kier molecular flexibility index (Phi) is 3.16. The molecule has 1 N–H and O–H groups in total. The molecule has 3 heterocycles. The number of nitrogens with zero attached hydrogens (tertiary/aromatic N) is 1. The topological polar surface area (TPSA) is 32.7 Å². The third-order valence-corrected chi connectivity index (χ3v) is 7.38. The summed E-state index contributed by atoms with van der Waals surface area (Å²) >= 11 is 0. The summed E-state index contributed by atoms with van der Waals surface area (Å²) in [6, 6.07) is 0. The van der Waals surface area contributed by atoms with Crippen molar-refractivity contribution < 1.29 is 9.84 Å². The maximum Gasteiger partial charge on any atom is 0.106 e. The zero-order valence-electron chi connectivity index (χ0n) is 14.5. The molecule has 0 aromatic carbocycles. The summed E-state index contributed by atoms with van der Waals surface area (Å²) in [4.78, 5) is 2.61. The Labute approximate surface area is 134 Å². The van der Waals surface area contributed by atoms with E-state index in [1.165, 1.54) is 6.42 Å². The Morgan fingerprint density at radius 1 is 1.27 bits per heavy atom. The molecule has 0 aromatic heterocycles. The van der Waals surface area contributed by atoms with Gasteiger partial charge in [0.05, 0.1) is 12.2 Å². The first kappa shape index (κ1) is 15.2. The van der Waals surface area contributed by atoms with Crippen LogP contribution in [0.25, 0.3) is 0 Å². The summed E-state index contributed by atoms with van der Waals surface area (Å²) in [7, 11) is 0. The van der Waals surface area contributed by atoms with Crippen molar-refractivity contribution in [3.63, 3.8) is 0 Å². The van der Waals surface area contributed by atoms with Gasteiger partial charge in [-0.05, 0) is 39.0 Å². The Morgan fingerprint density at radius 2 is 2.05 bits per heavy atom. The molecule has 0 unspecified atom stereocenters. The van der Waals surface area contributed by atoms with E-state index in [0.717, 1.165) is 32.4 Å². The molecule has 0 amide bonds. The van der Waals surface area contributed by atoms with Gasteiger partial charge in [-0.25, -0.2) is 0 Å². The minimum atomic E-state index is -0.155. The second-order valence-electron chi connectivity index (χ2n) is 9.27. The molecule has 22 heavy (non-hydrogen) atoms. The van der Waals surface area contributed by atoms with Crippen molar-refractivity contribution >= 4 is 0 Å². The fraction of sp³-hybridized carbons (Fsp3) is 0.895. The third kappa shape index (κ3) is 1.91. The molecule has 1 aliphatic carbocycles. The molecule has 2 bridgehead atoms. The highest BCUT2D eigenvalue weighted by Crippen LogP contribution is 2.58. The van der Waals surface area contributed by atoms with Crippen molar-refractivity contribution in [3.8, 4) is 0 Å². The van der Waals surface area contributed by atoms with Gasteiger partial charge in [-0.15, -0.1) is 0 Å². The van der Waals surface area contributed by atoms with Crippen molar-refractivity contribution in [1.29, 1.82) is 0 Å². The van der Waals surface area contributed by atoms with Crippen molar-refractivity contribution in [2.45, 2.75) is 76.7 Å². The van der Waals surface area contributed by atoms with Crippen molar-refractivity contribution in [3.05, 3.63) is 12.2 Å². The second kappa shape index (κ2) is 4.58. The summed E-state index contributed by atoms with van der Waals surface area (Å²) in [5.74, 6) is 1.04. The van der Waals surface area contributed by atoms with Gasteiger partial charge in [0, 0.05) is 30.0 Å². The van der Waals surface area contributed by atoms with Gasteiger partial charge in [-0.1, -0.05) is 32.4 Å². The van der Waals surface area contributed by atoms with Crippen LogP contribution in [-0.2, 0) is 4.74 Å². The monoisotopic (exact) mass is 305 g/mol. The molecule has 4 rings (SSSR count). The number of hydrogen-bond acceptors (Lipinski definition) is 3. The summed E-state index contributed by atoms with van der Waals surface area (Å²) in [6.45, 7) is 11.4. The van der Waals surface area contributed by atoms with E-state index in [-0.39, 0.29) is 22.7 Å². The standard InChI is InChI=1S/C19H31NO2/c1-13-5-6-15(16(21)9-13)17(2,3)20-11-18(4)10-14-7-8-19(18,12-20)22-14/h7-8,13-16,21H,5-6,9-12H2,1-4H3/t13-,14+,15-,16-,18-,19+/m1/s1. The summed E-state index contributed by atoms with van der Waals surface area (Å²) < 4.78 is 6.33. The van der Waals surface area contributed by atoms with Gasteiger partial charge in [-0.3, -0.25) is 4.90 Å². The maximum absolute atomic E-state index is 10.7. The number of aliphatic hydroxyl groups excluding tert-OH is 1. The van der Waals surface area contributed by atoms with E-state index in [1.54, 1.807) is 0 Å². The second-order valence-corrected chi connectivity index (χ2v) is 9.27. The highest BCUT2D eigenvalue weighted by Gasteiger charge is 2.65. The fourth-order valence-electron chi connectivity index (χ4n) is 5.74. The Balaban J connectivity index is 1.56. The summed E-state index contributed by atoms with van der Waals surface area (Å²) in [5, 5.41) is 10.7. The first-order valence-electron chi connectivity index (χ1n) is 9.06. The van der Waals surface area contributed by atoms with Crippen molar-refractivity contribution in [2.75, 3.05) is 13.1 Å². The molecule has 3 aliphatic heterocycles. The largest absolute Gasteiger partial charge is 0.393 e. The molecule has 0 radical (unpaired) electrons. The van der Waals surface area contributed by atoms with Crippen LogP contribution < -0.4 is 0 Å². The van der Waals surface area contributed by atoms with Gasteiger partial charge in [0.1, 0.15) is 5.60 Å². The number of aliphatic hydroxyl groups is 1. The molecule has 3 fully saturated rings. The number of ether oxygens (including phenoxy) is 1. The van der Waals surface area contributed by atoms with Gasteiger partial charge < -0.3 is 9.84 Å². The van der Waals surface area contributed by atoms with Gasteiger partial charge >= 0.3 is 0 Å². The Bertz CT molecular complexity index is 502. The van der Waals surface area contributed by atoms with Crippen molar-refractivity contribution in [1.82, 2.24) is 4.90 Å². The van der Waals surface area contributed by atoms with Crippen LogP contribution in [0.15, 0.2) is 12.2 Å². The van der Waals surface area contributed by atoms with E-state index in [9.17, 15) is 5.11 Å². The van der Waals surface area contributed by atoms with Crippen LogP contribution in [0.5, 0.6) is 0 Å². The van der Waals surface area contributed by atoms with Crippen LogP contribution in [0.3, 0.4) is 0 Å². The smallest absolute Gasteiger partial charge is 0.106 e. The Hall–Kier alpha value is -0.380. The molecule has 1 spiro atoms. The predicted octanol–water partition coefficient (Wildman–Crippen LogP) is 2.98. The minimum Gasteiger partial charge on any atom is -0.393 e. The zero-order valence-corrected chi connectivity index (χ0v) is 14.5. The predicted molar refractivity (Wildman–Crippen MR) is 87.6 cm³/mol. The lowest BCUT2D eigenvalue weighted by atomic mass is 9.71.